The van der Waals surface area contributed by atoms with Gasteiger partial charge in [-0.3, -0.25) is 4.79 Å². The number of fused-ring (bicyclic) bond motifs is 1. The van der Waals surface area contributed by atoms with Gasteiger partial charge in [0.1, 0.15) is 11.6 Å². The predicted molar refractivity (Wildman–Crippen MR) is 77.8 cm³/mol. The van der Waals surface area contributed by atoms with E-state index in [9.17, 15) is 9.90 Å². The fourth-order valence-electron chi connectivity index (χ4n) is 2.07. The predicted octanol–water partition coefficient (Wildman–Crippen LogP) is 3.19. The van der Waals surface area contributed by atoms with Gasteiger partial charge in [0.15, 0.2) is 0 Å². The van der Waals surface area contributed by atoms with Gasteiger partial charge in [-0.15, -0.1) is 0 Å². The normalized spacial score (nSPS) is 10.4. The average Bonchev–Trinajstić information content (AvgIpc) is 2.49. The molecular formula is C16H12N2O2. The first-order valence-corrected chi connectivity index (χ1v) is 6.18. The first-order valence-electron chi connectivity index (χ1n) is 6.18. The Bertz CT molecular complexity index is 762. The van der Waals surface area contributed by atoms with Gasteiger partial charge < -0.3 is 10.4 Å². The van der Waals surface area contributed by atoms with Crippen molar-refractivity contribution in [2.24, 2.45) is 0 Å². The summed E-state index contributed by atoms with van der Waals surface area (Å²) in [6.07, 6.45) is 1.29. The van der Waals surface area contributed by atoms with E-state index < -0.39 is 0 Å². The van der Waals surface area contributed by atoms with Gasteiger partial charge in [0.25, 0.3) is 5.91 Å². The van der Waals surface area contributed by atoms with Gasteiger partial charge in [0.2, 0.25) is 0 Å². The molecule has 1 heterocycles. The summed E-state index contributed by atoms with van der Waals surface area (Å²) in [4.78, 5) is 16.2. The lowest BCUT2D eigenvalue weighted by Crippen LogP contribution is -2.13. The van der Waals surface area contributed by atoms with E-state index in [1.165, 1.54) is 12.3 Å². The van der Waals surface area contributed by atoms with Gasteiger partial charge in [-0.05, 0) is 29.0 Å². The Kier molecular flexibility index (Phi) is 3.05. The molecule has 3 aromatic rings. The van der Waals surface area contributed by atoms with Gasteiger partial charge in [-0.2, -0.15) is 0 Å². The Morgan fingerprint density at radius 1 is 1.00 bits per heavy atom. The number of aromatic hydroxyl groups is 1. The molecular weight excluding hydrogens is 252 g/mol. The summed E-state index contributed by atoms with van der Waals surface area (Å²) >= 11 is 0. The minimum Gasteiger partial charge on any atom is -0.506 e. The van der Waals surface area contributed by atoms with Crippen molar-refractivity contribution in [1.82, 2.24) is 4.98 Å². The number of carbonyl (C=O) groups is 1. The van der Waals surface area contributed by atoms with Crippen molar-refractivity contribution >= 4 is 22.5 Å². The number of aromatic nitrogens is 1. The summed E-state index contributed by atoms with van der Waals surface area (Å²) in [7, 11) is 0. The smallest absolute Gasteiger partial charge is 0.257 e. The first kappa shape index (κ1) is 12.2. The van der Waals surface area contributed by atoms with E-state index in [0.29, 0.717) is 11.4 Å². The van der Waals surface area contributed by atoms with E-state index in [0.717, 1.165) is 10.8 Å². The highest BCUT2D eigenvalue weighted by atomic mass is 16.3. The number of benzene rings is 2. The maximum atomic E-state index is 12.3. The first-order chi connectivity index (χ1) is 9.74. The molecule has 0 saturated carbocycles. The highest BCUT2D eigenvalue weighted by Crippen LogP contribution is 2.19. The number of rotatable bonds is 2. The Morgan fingerprint density at radius 3 is 2.60 bits per heavy atom. The molecule has 0 aliphatic rings. The van der Waals surface area contributed by atoms with Gasteiger partial charge in [0, 0.05) is 5.56 Å². The van der Waals surface area contributed by atoms with Crippen molar-refractivity contribution in [3.8, 4) is 5.75 Å². The lowest BCUT2D eigenvalue weighted by molar-refractivity contribution is 0.102. The third kappa shape index (κ3) is 2.31. The highest BCUT2D eigenvalue weighted by Gasteiger charge is 2.10. The number of carbonyl (C=O) groups excluding carboxylic acids is 1. The van der Waals surface area contributed by atoms with Crippen molar-refractivity contribution in [1.29, 1.82) is 0 Å². The van der Waals surface area contributed by atoms with Gasteiger partial charge in [-0.1, -0.05) is 36.4 Å². The second kappa shape index (κ2) is 5.01. The second-order valence-electron chi connectivity index (χ2n) is 4.38. The number of amides is 1. The Morgan fingerprint density at radius 2 is 1.80 bits per heavy atom. The summed E-state index contributed by atoms with van der Waals surface area (Å²) in [5.74, 6) is 0.244. The van der Waals surface area contributed by atoms with E-state index in [4.69, 9.17) is 0 Å². The van der Waals surface area contributed by atoms with E-state index in [2.05, 4.69) is 10.3 Å². The van der Waals surface area contributed by atoms with Crippen molar-refractivity contribution in [3.05, 3.63) is 66.4 Å². The van der Waals surface area contributed by atoms with Crippen LogP contribution in [0.2, 0.25) is 0 Å². The lowest BCUT2D eigenvalue weighted by atomic mass is 10.0. The van der Waals surface area contributed by atoms with E-state index in [-0.39, 0.29) is 11.7 Å². The van der Waals surface area contributed by atoms with Crippen LogP contribution in [0.15, 0.2) is 60.8 Å². The Balaban J connectivity index is 1.94. The third-order valence-corrected chi connectivity index (χ3v) is 3.02. The molecule has 0 bridgehead atoms. The molecule has 2 N–H and O–H groups in total. The zero-order chi connectivity index (χ0) is 13.9. The molecule has 20 heavy (non-hydrogen) atoms. The zero-order valence-electron chi connectivity index (χ0n) is 10.6. The standard InChI is InChI=1S/C16H12N2O2/c19-12-8-9-15(17-10-12)18-16(20)14-7-3-5-11-4-1-2-6-13(11)14/h1-10,19H,(H,17,18,20). The molecule has 0 radical (unpaired) electrons. The monoisotopic (exact) mass is 264 g/mol. The lowest BCUT2D eigenvalue weighted by Gasteiger charge is -2.07. The van der Waals surface area contributed by atoms with Crippen LogP contribution in [0.25, 0.3) is 10.8 Å². The van der Waals surface area contributed by atoms with E-state index in [1.807, 2.05) is 36.4 Å². The summed E-state index contributed by atoms with van der Waals surface area (Å²) in [6.45, 7) is 0. The Hall–Kier alpha value is -2.88. The molecule has 4 nitrogen and oxygen atoms in total. The number of nitrogens with zero attached hydrogens (tertiary/aromatic N) is 1. The number of nitrogens with one attached hydrogen (secondary N) is 1. The van der Waals surface area contributed by atoms with Crippen LogP contribution in [-0.2, 0) is 0 Å². The number of pyridine rings is 1. The average molecular weight is 264 g/mol. The SMILES string of the molecule is O=C(Nc1ccc(O)cn1)c1cccc2ccccc12. The van der Waals surface area contributed by atoms with Crippen LogP contribution < -0.4 is 5.32 Å². The van der Waals surface area contributed by atoms with Crippen LogP contribution in [0.1, 0.15) is 10.4 Å². The van der Waals surface area contributed by atoms with Gasteiger partial charge >= 0.3 is 0 Å². The molecule has 0 saturated heterocycles. The van der Waals surface area contributed by atoms with E-state index >= 15 is 0 Å². The maximum absolute atomic E-state index is 12.3. The minimum absolute atomic E-state index is 0.0631. The van der Waals surface area contributed by atoms with Crippen molar-refractivity contribution in [3.63, 3.8) is 0 Å². The Labute approximate surface area is 115 Å². The van der Waals surface area contributed by atoms with Crippen LogP contribution in [0.5, 0.6) is 5.75 Å². The molecule has 3 rings (SSSR count). The van der Waals surface area contributed by atoms with Gasteiger partial charge in [-0.25, -0.2) is 4.98 Å². The summed E-state index contributed by atoms with van der Waals surface area (Å²) in [5, 5.41) is 13.8. The van der Waals surface area contributed by atoms with Gasteiger partial charge in [0.05, 0.1) is 6.20 Å². The van der Waals surface area contributed by atoms with Crippen molar-refractivity contribution < 1.29 is 9.90 Å². The topological polar surface area (TPSA) is 62.2 Å². The molecule has 0 aliphatic heterocycles. The molecule has 98 valence electrons. The zero-order valence-corrected chi connectivity index (χ0v) is 10.6. The molecule has 1 aromatic heterocycles. The van der Waals surface area contributed by atoms with Crippen LogP contribution >= 0.6 is 0 Å². The number of hydrogen-bond acceptors (Lipinski definition) is 3. The molecule has 0 spiro atoms. The quantitative estimate of drug-likeness (QED) is 0.747. The van der Waals surface area contributed by atoms with E-state index in [1.54, 1.807) is 12.1 Å². The summed E-state index contributed by atoms with van der Waals surface area (Å²) in [6, 6.07) is 16.3. The largest absolute Gasteiger partial charge is 0.506 e. The van der Waals surface area contributed by atoms with Crippen molar-refractivity contribution in [2.45, 2.75) is 0 Å². The second-order valence-corrected chi connectivity index (χ2v) is 4.38. The molecule has 0 atom stereocenters. The molecule has 4 heteroatoms. The fraction of sp³-hybridized carbons (Fsp3) is 0. The van der Waals surface area contributed by atoms with Crippen LogP contribution in [0.4, 0.5) is 5.82 Å². The fourth-order valence-corrected chi connectivity index (χ4v) is 2.07. The molecule has 1 amide bonds. The van der Waals surface area contributed by atoms with Crippen LogP contribution in [-0.4, -0.2) is 16.0 Å². The maximum Gasteiger partial charge on any atom is 0.257 e. The summed E-state index contributed by atoms with van der Waals surface area (Å²) < 4.78 is 0. The minimum atomic E-state index is -0.222. The van der Waals surface area contributed by atoms with Crippen LogP contribution in [0, 0.1) is 0 Å². The van der Waals surface area contributed by atoms with Crippen molar-refractivity contribution in [2.75, 3.05) is 5.32 Å². The van der Waals surface area contributed by atoms with Crippen LogP contribution in [0.3, 0.4) is 0 Å². The summed E-state index contributed by atoms with van der Waals surface area (Å²) in [5.41, 5.74) is 0.595. The highest BCUT2D eigenvalue weighted by molar-refractivity contribution is 6.12. The molecule has 0 fully saturated rings. The molecule has 0 aliphatic carbocycles. The number of hydrogen-bond donors (Lipinski definition) is 2. The molecule has 0 unspecified atom stereocenters. The number of anilines is 1. The third-order valence-electron chi connectivity index (χ3n) is 3.02. The molecule has 2 aromatic carbocycles.